The quantitative estimate of drug-likeness (QED) is 0.870. The van der Waals surface area contributed by atoms with Crippen molar-refractivity contribution in [2.24, 2.45) is 5.92 Å². The number of hydrogen-bond donors (Lipinski definition) is 2. The van der Waals surface area contributed by atoms with Gasteiger partial charge < -0.3 is 15.3 Å². The average molecular weight is 311 g/mol. The van der Waals surface area contributed by atoms with E-state index in [9.17, 15) is 9.59 Å². The summed E-state index contributed by atoms with van der Waals surface area (Å²) < 4.78 is 0. The highest BCUT2D eigenvalue weighted by molar-refractivity contribution is 7.09. The maximum Gasteiger partial charge on any atom is 0.317 e. The van der Waals surface area contributed by atoms with E-state index in [1.165, 1.54) is 0 Å². The number of carbonyl (C=O) groups excluding carboxylic acids is 1. The molecule has 1 saturated heterocycles. The summed E-state index contributed by atoms with van der Waals surface area (Å²) in [6.45, 7) is 3.82. The van der Waals surface area contributed by atoms with E-state index in [0.717, 1.165) is 30.0 Å². The molecular weight excluding hydrogens is 290 g/mol. The molecule has 0 spiro atoms. The van der Waals surface area contributed by atoms with Crippen LogP contribution in [0.4, 0.5) is 4.79 Å². The second-order valence-corrected chi connectivity index (χ2v) is 6.34. The maximum absolute atomic E-state index is 12.0. The molecule has 0 radical (unpaired) electrons. The van der Waals surface area contributed by atoms with Crippen molar-refractivity contribution in [3.05, 3.63) is 16.1 Å². The number of nitrogens with zero attached hydrogens (tertiary/aromatic N) is 2. The first-order chi connectivity index (χ1) is 10.0. The van der Waals surface area contributed by atoms with Gasteiger partial charge in [0.05, 0.1) is 5.01 Å². The number of carbonyl (C=O) groups is 2. The molecule has 0 bridgehead atoms. The Kier molecular flexibility index (Phi) is 5.55. The summed E-state index contributed by atoms with van der Waals surface area (Å²) in [5.74, 6) is -0.554. The van der Waals surface area contributed by atoms with Gasteiger partial charge in [0.15, 0.2) is 0 Å². The van der Waals surface area contributed by atoms with Crippen molar-refractivity contribution in [3.8, 4) is 0 Å². The van der Waals surface area contributed by atoms with E-state index in [1.807, 2.05) is 12.3 Å². The number of carboxylic acids is 1. The van der Waals surface area contributed by atoms with Gasteiger partial charge in [0.2, 0.25) is 0 Å². The Hall–Kier alpha value is -1.63. The third-order valence-electron chi connectivity index (χ3n) is 3.65. The minimum absolute atomic E-state index is 0.0583. The Morgan fingerprint density at radius 1 is 1.48 bits per heavy atom. The molecule has 1 aliphatic rings. The van der Waals surface area contributed by atoms with E-state index in [1.54, 1.807) is 16.2 Å². The number of hydrogen-bond acceptors (Lipinski definition) is 4. The van der Waals surface area contributed by atoms with Crippen LogP contribution in [0.15, 0.2) is 5.38 Å². The van der Waals surface area contributed by atoms with Crippen LogP contribution < -0.4 is 5.32 Å². The largest absolute Gasteiger partial charge is 0.481 e. The highest BCUT2D eigenvalue weighted by Crippen LogP contribution is 2.20. The maximum atomic E-state index is 12.0. The van der Waals surface area contributed by atoms with Crippen LogP contribution in [0.3, 0.4) is 0 Å². The predicted octanol–water partition coefficient (Wildman–Crippen LogP) is 1.89. The third kappa shape index (κ3) is 5.00. The van der Waals surface area contributed by atoms with Crippen molar-refractivity contribution in [1.29, 1.82) is 0 Å². The molecule has 21 heavy (non-hydrogen) atoms. The second kappa shape index (κ2) is 7.40. The molecule has 1 aromatic rings. The molecule has 2 heterocycles. The number of rotatable bonds is 5. The molecule has 0 atom stereocenters. The molecule has 2 rings (SSSR count). The number of urea groups is 1. The van der Waals surface area contributed by atoms with Crippen molar-refractivity contribution < 1.29 is 14.7 Å². The van der Waals surface area contributed by atoms with Crippen LogP contribution in [0.25, 0.3) is 0 Å². The van der Waals surface area contributed by atoms with Crippen molar-refractivity contribution in [2.75, 3.05) is 19.6 Å². The zero-order valence-electron chi connectivity index (χ0n) is 12.2. The minimum atomic E-state index is -0.753. The summed E-state index contributed by atoms with van der Waals surface area (Å²) in [7, 11) is 0. The Morgan fingerprint density at radius 2 is 2.19 bits per heavy atom. The lowest BCUT2D eigenvalue weighted by molar-refractivity contribution is -0.138. The first-order valence-electron chi connectivity index (χ1n) is 7.20. The second-order valence-electron chi connectivity index (χ2n) is 5.39. The molecule has 1 fully saturated rings. The number of aryl methyl sites for hydroxylation is 1. The van der Waals surface area contributed by atoms with Crippen LogP contribution in [0.5, 0.6) is 0 Å². The molecule has 0 saturated carbocycles. The van der Waals surface area contributed by atoms with E-state index in [-0.39, 0.29) is 18.4 Å². The lowest BCUT2D eigenvalue weighted by Crippen LogP contribution is -2.45. The van der Waals surface area contributed by atoms with Gasteiger partial charge in [0.1, 0.15) is 0 Å². The molecule has 0 unspecified atom stereocenters. The molecule has 7 heteroatoms. The smallest absolute Gasteiger partial charge is 0.317 e. The van der Waals surface area contributed by atoms with Gasteiger partial charge in [-0.25, -0.2) is 9.78 Å². The highest BCUT2D eigenvalue weighted by atomic mass is 32.1. The molecule has 2 N–H and O–H groups in total. The Balaban J connectivity index is 1.66. The minimum Gasteiger partial charge on any atom is -0.481 e. The average Bonchev–Trinajstić information content (AvgIpc) is 2.84. The fourth-order valence-electron chi connectivity index (χ4n) is 2.49. The van der Waals surface area contributed by atoms with E-state index >= 15 is 0 Å². The summed E-state index contributed by atoms with van der Waals surface area (Å²) in [5, 5.41) is 14.7. The van der Waals surface area contributed by atoms with Crippen LogP contribution in [0.1, 0.15) is 30.0 Å². The van der Waals surface area contributed by atoms with Crippen LogP contribution in [-0.2, 0) is 11.2 Å². The summed E-state index contributed by atoms with van der Waals surface area (Å²) >= 11 is 1.61. The van der Waals surface area contributed by atoms with Gasteiger partial charge in [-0.15, -0.1) is 11.3 Å². The fourth-order valence-corrected chi connectivity index (χ4v) is 3.27. The molecular formula is C14H21N3O3S. The van der Waals surface area contributed by atoms with Gasteiger partial charge in [0, 0.05) is 43.5 Å². The van der Waals surface area contributed by atoms with Crippen molar-refractivity contribution in [2.45, 2.75) is 32.6 Å². The van der Waals surface area contributed by atoms with E-state index in [2.05, 4.69) is 10.3 Å². The zero-order valence-corrected chi connectivity index (χ0v) is 13.0. The number of aliphatic carboxylic acids is 1. The Morgan fingerprint density at radius 3 is 2.76 bits per heavy atom. The summed E-state index contributed by atoms with van der Waals surface area (Å²) in [4.78, 5) is 28.8. The van der Waals surface area contributed by atoms with Gasteiger partial charge >= 0.3 is 12.0 Å². The van der Waals surface area contributed by atoms with Crippen molar-refractivity contribution >= 4 is 23.3 Å². The van der Waals surface area contributed by atoms with Gasteiger partial charge in [-0.2, -0.15) is 0 Å². The first-order valence-corrected chi connectivity index (χ1v) is 8.08. The standard InChI is InChI=1S/C14H21N3O3S/c1-10-9-21-12(16-10)2-5-15-14(20)17-6-3-11(4-7-17)8-13(18)19/h9,11H,2-8H2,1H3,(H,15,20)(H,18,19). The van der Waals surface area contributed by atoms with Gasteiger partial charge in [-0.3, -0.25) is 4.79 Å². The molecule has 0 aliphatic carbocycles. The van der Waals surface area contributed by atoms with Gasteiger partial charge in [0.25, 0.3) is 0 Å². The number of carboxylic acid groups (broad SMARTS) is 1. The molecule has 6 nitrogen and oxygen atoms in total. The SMILES string of the molecule is Cc1csc(CCNC(=O)N2CCC(CC(=O)O)CC2)n1. The zero-order chi connectivity index (χ0) is 15.2. The normalized spacial score (nSPS) is 16.0. The van der Waals surface area contributed by atoms with Crippen LogP contribution >= 0.6 is 11.3 Å². The molecule has 0 aromatic carbocycles. The summed E-state index contributed by atoms with van der Waals surface area (Å²) in [5.41, 5.74) is 1.02. The third-order valence-corrected chi connectivity index (χ3v) is 4.67. The number of aromatic nitrogens is 1. The Bertz CT molecular complexity index is 495. The van der Waals surface area contributed by atoms with Gasteiger partial charge in [-0.05, 0) is 25.7 Å². The fraction of sp³-hybridized carbons (Fsp3) is 0.643. The highest BCUT2D eigenvalue weighted by Gasteiger charge is 2.23. The molecule has 2 amide bonds. The van der Waals surface area contributed by atoms with Crippen molar-refractivity contribution in [1.82, 2.24) is 15.2 Å². The number of likely N-dealkylation sites (tertiary alicyclic amines) is 1. The molecule has 1 aliphatic heterocycles. The summed E-state index contributed by atoms with van der Waals surface area (Å²) in [6.07, 6.45) is 2.50. The summed E-state index contributed by atoms with van der Waals surface area (Å²) in [6, 6.07) is -0.0583. The van der Waals surface area contributed by atoms with E-state index in [0.29, 0.717) is 19.6 Å². The monoisotopic (exact) mass is 311 g/mol. The lowest BCUT2D eigenvalue weighted by Gasteiger charge is -2.31. The van der Waals surface area contributed by atoms with Crippen LogP contribution in [0.2, 0.25) is 0 Å². The number of amides is 2. The predicted molar refractivity (Wildman–Crippen MR) is 80.5 cm³/mol. The van der Waals surface area contributed by atoms with E-state index < -0.39 is 5.97 Å². The number of piperidine rings is 1. The Labute approximate surface area is 128 Å². The van der Waals surface area contributed by atoms with E-state index in [4.69, 9.17) is 5.11 Å². The number of thiazole rings is 1. The first kappa shape index (κ1) is 15.8. The molecule has 116 valence electrons. The molecule has 1 aromatic heterocycles. The number of nitrogens with one attached hydrogen (secondary N) is 1. The van der Waals surface area contributed by atoms with Crippen molar-refractivity contribution in [3.63, 3.8) is 0 Å². The van der Waals surface area contributed by atoms with Gasteiger partial charge in [-0.1, -0.05) is 0 Å². The topological polar surface area (TPSA) is 82.5 Å². The lowest BCUT2D eigenvalue weighted by atomic mass is 9.94. The van der Waals surface area contributed by atoms with Crippen LogP contribution in [-0.4, -0.2) is 46.6 Å². The van der Waals surface area contributed by atoms with Crippen LogP contribution in [0, 0.1) is 12.8 Å².